The summed E-state index contributed by atoms with van der Waals surface area (Å²) in [5.74, 6) is 4.19. The third-order valence-corrected chi connectivity index (χ3v) is 5.14. The van der Waals surface area contributed by atoms with Gasteiger partial charge in [0, 0.05) is 11.8 Å². The highest BCUT2D eigenvalue weighted by Crippen LogP contribution is 2.37. The van der Waals surface area contributed by atoms with Crippen LogP contribution < -0.4 is 4.74 Å². The molecule has 0 aliphatic carbocycles. The summed E-state index contributed by atoms with van der Waals surface area (Å²) in [6, 6.07) is 6.68. The standard InChI is InChI=1S/C16H21ClN2OS/c1-3-8-20-14-6-4-5-13-15(14)18-16(11(2)17)19(13)12-7-9-21-10-12/h4-6,11-12H,3,7-10H2,1-2H3. The van der Waals surface area contributed by atoms with Gasteiger partial charge in [0.1, 0.15) is 17.1 Å². The summed E-state index contributed by atoms with van der Waals surface area (Å²) in [7, 11) is 0. The number of imidazole rings is 1. The number of benzene rings is 1. The van der Waals surface area contributed by atoms with Crippen molar-refractivity contribution in [1.82, 2.24) is 9.55 Å². The van der Waals surface area contributed by atoms with Crippen molar-refractivity contribution in [2.45, 2.75) is 38.1 Å². The predicted octanol–water partition coefficient (Wildman–Crippen LogP) is 4.80. The zero-order chi connectivity index (χ0) is 14.8. The molecule has 2 aromatic rings. The zero-order valence-corrected chi connectivity index (χ0v) is 14.1. The van der Waals surface area contributed by atoms with Gasteiger partial charge in [-0.1, -0.05) is 13.0 Å². The van der Waals surface area contributed by atoms with Crippen molar-refractivity contribution >= 4 is 34.4 Å². The molecule has 3 rings (SSSR count). The molecule has 1 aliphatic heterocycles. The Morgan fingerprint density at radius 2 is 2.38 bits per heavy atom. The summed E-state index contributed by atoms with van der Waals surface area (Å²) in [6.45, 7) is 4.83. The average Bonchev–Trinajstić information content (AvgIpc) is 3.11. The van der Waals surface area contributed by atoms with Crippen LogP contribution >= 0.6 is 23.4 Å². The van der Waals surface area contributed by atoms with Crippen molar-refractivity contribution < 1.29 is 4.74 Å². The molecule has 1 saturated heterocycles. The van der Waals surface area contributed by atoms with Gasteiger partial charge in [0.05, 0.1) is 17.5 Å². The first kappa shape index (κ1) is 15.0. The Morgan fingerprint density at radius 1 is 1.52 bits per heavy atom. The third-order valence-electron chi connectivity index (χ3n) is 3.80. The molecule has 1 aromatic heterocycles. The molecule has 0 saturated carbocycles. The SMILES string of the molecule is CCCOc1cccc2c1nc(C(C)Cl)n2C1CCSC1. The van der Waals surface area contributed by atoms with E-state index in [9.17, 15) is 0 Å². The molecular weight excluding hydrogens is 304 g/mol. The van der Waals surface area contributed by atoms with Crippen LogP contribution in [0.25, 0.3) is 11.0 Å². The molecule has 2 atom stereocenters. The van der Waals surface area contributed by atoms with Gasteiger partial charge < -0.3 is 9.30 Å². The molecule has 114 valence electrons. The predicted molar refractivity (Wildman–Crippen MR) is 90.8 cm³/mol. The van der Waals surface area contributed by atoms with Crippen LogP contribution in [-0.2, 0) is 0 Å². The Labute approximate surface area is 135 Å². The van der Waals surface area contributed by atoms with E-state index in [1.807, 2.05) is 24.8 Å². The Hall–Kier alpha value is -0.870. The highest BCUT2D eigenvalue weighted by molar-refractivity contribution is 7.99. The quantitative estimate of drug-likeness (QED) is 0.739. The molecule has 0 radical (unpaired) electrons. The number of fused-ring (bicyclic) bond motifs is 1. The molecule has 1 fully saturated rings. The largest absolute Gasteiger partial charge is 0.491 e. The van der Waals surface area contributed by atoms with Crippen LogP contribution in [-0.4, -0.2) is 27.7 Å². The van der Waals surface area contributed by atoms with Gasteiger partial charge in [0.15, 0.2) is 0 Å². The first-order chi connectivity index (χ1) is 10.2. The van der Waals surface area contributed by atoms with E-state index in [1.165, 1.54) is 12.2 Å². The van der Waals surface area contributed by atoms with Gasteiger partial charge in [0.2, 0.25) is 0 Å². The van der Waals surface area contributed by atoms with E-state index >= 15 is 0 Å². The molecule has 2 heterocycles. The number of para-hydroxylation sites is 1. The summed E-state index contributed by atoms with van der Waals surface area (Å²) in [5, 5.41) is -0.0953. The molecule has 1 aliphatic rings. The second-order valence-corrected chi connectivity index (χ2v) is 7.25. The van der Waals surface area contributed by atoms with Gasteiger partial charge >= 0.3 is 0 Å². The molecule has 5 heteroatoms. The Kier molecular flexibility index (Phi) is 4.65. The van der Waals surface area contributed by atoms with Crippen molar-refractivity contribution in [1.29, 1.82) is 0 Å². The number of halogens is 1. The molecule has 0 N–H and O–H groups in total. The topological polar surface area (TPSA) is 27.1 Å². The molecule has 0 amide bonds. The first-order valence-electron chi connectivity index (χ1n) is 7.57. The number of rotatable bonds is 5. The zero-order valence-electron chi connectivity index (χ0n) is 12.5. The summed E-state index contributed by atoms with van der Waals surface area (Å²) in [5.41, 5.74) is 2.10. The fourth-order valence-electron chi connectivity index (χ4n) is 2.83. The van der Waals surface area contributed by atoms with Crippen LogP contribution in [0.4, 0.5) is 0 Å². The van der Waals surface area contributed by atoms with E-state index in [4.69, 9.17) is 21.3 Å². The molecule has 0 spiro atoms. The Morgan fingerprint density at radius 3 is 3.05 bits per heavy atom. The maximum absolute atomic E-state index is 6.38. The molecule has 21 heavy (non-hydrogen) atoms. The summed E-state index contributed by atoms with van der Waals surface area (Å²) >= 11 is 8.39. The first-order valence-corrected chi connectivity index (χ1v) is 9.17. The van der Waals surface area contributed by atoms with Crippen LogP contribution in [0.1, 0.15) is 43.9 Å². The van der Waals surface area contributed by atoms with Gasteiger partial charge in [-0.15, -0.1) is 11.6 Å². The summed E-state index contributed by atoms with van der Waals surface area (Å²) in [6.07, 6.45) is 2.18. The number of hydrogen-bond donors (Lipinski definition) is 0. The van der Waals surface area contributed by atoms with Gasteiger partial charge in [0.25, 0.3) is 0 Å². The van der Waals surface area contributed by atoms with Gasteiger partial charge in [-0.3, -0.25) is 0 Å². The minimum Gasteiger partial charge on any atom is -0.491 e. The summed E-state index contributed by atoms with van der Waals surface area (Å²) in [4.78, 5) is 4.81. The number of hydrogen-bond acceptors (Lipinski definition) is 3. The van der Waals surface area contributed by atoms with E-state index < -0.39 is 0 Å². The molecule has 2 unspecified atom stereocenters. The number of thioether (sulfide) groups is 1. The van der Waals surface area contributed by atoms with Crippen molar-refractivity contribution in [2.75, 3.05) is 18.1 Å². The van der Waals surface area contributed by atoms with Gasteiger partial charge in [-0.2, -0.15) is 11.8 Å². The average molecular weight is 325 g/mol. The fourth-order valence-corrected chi connectivity index (χ4v) is 4.18. The second-order valence-electron chi connectivity index (χ2n) is 5.45. The third kappa shape index (κ3) is 2.88. The number of nitrogens with zero attached hydrogens (tertiary/aromatic N) is 2. The van der Waals surface area contributed by atoms with Gasteiger partial charge in [-0.05, 0) is 37.7 Å². The maximum atomic E-state index is 6.38. The van der Waals surface area contributed by atoms with E-state index in [0.717, 1.165) is 41.4 Å². The number of ether oxygens (including phenoxy) is 1. The minimum absolute atomic E-state index is 0.0953. The molecule has 3 nitrogen and oxygen atoms in total. The van der Waals surface area contributed by atoms with Crippen molar-refractivity contribution in [3.63, 3.8) is 0 Å². The Bertz CT molecular complexity index is 620. The molecule has 1 aromatic carbocycles. The normalized spacial score (nSPS) is 20.0. The summed E-state index contributed by atoms with van der Waals surface area (Å²) < 4.78 is 8.19. The smallest absolute Gasteiger partial charge is 0.147 e. The van der Waals surface area contributed by atoms with Crippen LogP contribution in [0.5, 0.6) is 5.75 Å². The maximum Gasteiger partial charge on any atom is 0.147 e. The minimum atomic E-state index is -0.0953. The van der Waals surface area contributed by atoms with E-state index in [1.54, 1.807) is 0 Å². The van der Waals surface area contributed by atoms with Crippen LogP contribution in [0.15, 0.2) is 18.2 Å². The van der Waals surface area contributed by atoms with Crippen molar-refractivity contribution in [3.8, 4) is 5.75 Å². The lowest BCUT2D eigenvalue weighted by atomic mass is 10.2. The lowest BCUT2D eigenvalue weighted by molar-refractivity contribution is 0.320. The van der Waals surface area contributed by atoms with E-state index in [2.05, 4.69) is 23.6 Å². The number of aromatic nitrogens is 2. The monoisotopic (exact) mass is 324 g/mol. The Balaban J connectivity index is 2.12. The molecular formula is C16H21ClN2OS. The molecule has 0 bridgehead atoms. The fraction of sp³-hybridized carbons (Fsp3) is 0.562. The van der Waals surface area contributed by atoms with Gasteiger partial charge in [-0.25, -0.2) is 4.98 Å². The highest BCUT2D eigenvalue weighted by Gasteiger charge is 2.25. The van der Waals surface area contributed by atoms with Crippen LogP contribution in [0.2, 0.25) is 0 Å². The van der Waals surface area contributed by atoms with Crippen molar-refractivity contribution in [3.05, 3.63) is 24.0 Å². The van der Waals surface area contributed by atoms with Crippen molar-refractivity contribution in [2.24, 2.45) is 0 Å². The van der Waals surface area contributed by atoms with E-state index in [-0.39, 0.29) is 5.38 Å². The van der Waals surface area contributed by atoms with Crippen LogP contribution in [0, 0.1) is 0 Å². The van der Waals surface area contributed by atoms with Crippen LogP contribution in [0.3, 0.4) is 0 Å². The van der Waals surface area contributed by atoms with E-state index in [0.29, 0.717) is 6.04 Å². The highest BCUT2D eigenvalue weighted by atomic mass is 35.5. The second kappa shape index (κ2) is 6.49. The lowest BCUT2D eigenvalue weighted by Crippen LogP contribution is -2.12. The number of alkyl halides is 1. The lowest BCUT2D eigenvalue weighted by Gasteiger charge is -2.16.